The number of nitrogen functional groups attached to an aromatic ring is 1. The van der Waals surface area contributed by atoms with E-state index in [1.165, 1.54) is 22.9 Å². The Morgan fingerprint density at radius 1 is 1.24 bits per heavy atom. The molecule has 0 aliphatic rings. The third-order valence-electron chi connectivity index (χ3n) is 2.99. The monoisotopic (exact) mass is 320 g/mol. The molecule has 3 nitrogen and oxygen atoms in total. The summed E-state index contributed by atoms with van der Waals surface area (Å²) in [7, 11) is 0. The van der Waals surface area contributed by atoms with Crippen LogP contribution in [0.2, 0.25) is 5.02 Å². The van der Waals surface area contributed by atoms with Gasteiger partial charge in [0, 0.05) is 9.92 Å². The normalized spacial score (nSPS) is 10.4. The summed E-state index contributed by atoms with van der Waals surface area (Å²) in [5.41, 5.74) is 9.21. The lowest BCUT2D eigenvalue weighted by molar-refractivity contribution is -0.113. The van der Waals surface area contributed by atoms with Gasteiger partial charge in [0.1, 0.15) is 0 Å². The fourth-order valence-corrected chi connectivity index (χ4v) is 2.92. The Labute approximate surface area is 133 Å². The van der Waals surface area contributed by atoms with Crippen LogP contribution in [0.4, 0.5) is 11.4 Å². The number of thioether (sulfide) groups is 1. The van der Waals surface area contributed by atoms with Crippen LogP contribution in [-0.4, -0.2) is 11.7 Å². The molecule has 0 fully saturated rings. The summed E-state index contributed by atoms with van der Waals surface area (Å²) in [6, 6.07) is 11.2. The molecule has 0 aromatic heterocycles. The molecule has 3 N–H and O–H groups in total. The highest BCUT2D eigenvalue weighted by atomic mass is 35.5. The summed E-state index contributed by atoms with van der Waals surface area (Å²) in [6.07, 6.45) is 0. The van der Waals surface area contributed by atoms with Crippen molar-refractivity contribution in [1.82, 2.24) is 0 Å². The van der Waals surface area contributed by atoms with E-state index < -0.39 is 0 Å². The fourth-order valence-electron chi connectivity index (χ4n) is 1.83. The summed E-state index contributed by atoms with van der Waals surface area (Å²) >= 11 is 7.41. The van der Waals surface area contributed by atoms with E-state index in [1.807, 2.05) is 13.8 Å². The van der Waals surface area contributed by atoms with Crippen LogP contribution < -0.4 is 11.1 Å². The standard InChI is InChI=1S/C16H17ClN2OS/c1-10-3-4-11(2)15(7-10)21-9-16(20)19-14-8-12(17)5-6-13(14)18/h3-8H,9,18H2,1-2H3,(H,19,20). The molecule has 0 aliphatic heterocycles. The molecular formula is C16H17ClN2OS. The van der Waals surface area contributed by atoms with Crippen molar-refractivity contribution in [2.75, 3.05) is 16.8 Å². The number of aryl methyl sites for hydroxylation is 2. The van der Waals surface area contributed by atoms with E-state index in [0.29, 0.717) is 22.2 Å². The molecule has 0 saturated heterocycles. The van der Waals surface area contributed by atoms with Crippen molar-refractivity contribution in [3.05, 3.63) is 52.5 Å². The van der Waals surface area contributed by atoms with Gasteiger partial charge in [-0.25, -0.2) is 0 Å². The number of amides is 1. The van der Waals surface area contributed by atoms with E-state index in [9.17, 15) is 4.79 Å². The van der Waals surface area contributed by atoms with Gasteiger partial charge in [-0.05, 0) is 43.7 Å². The minimum Gasteiger partial charge on any atom is -0.397 e. The molecule has 110 valence electrons. The number of carbonyl (C=O) groups is 1. The van der Waals surface area contributed by atoms with Crippen LogP contribution in [0.25, 0.3) is 0 Å². The summed E-state index contributed by atoms with van der Waals surface area (Å²) in [6.45, 7) is 4.07. The molecule has 2 rings (SSSR count). The van der Waals surface area contributed by atoms with Crippen molar-refractivity contribution in [2.24, 2.45) is 0 Å². The van der Waals surface area contributed by atoms with Gasteiger partial charge in [0.05, 0.1) is 17.1 Å². The van der Waals surface area contributed by atoms with Crippen LogP contribution >= 0.6 is 23.4 Å². The number of carbonyl (C=O) groups excluding carboxylic acids is 1. The third-order valence-corrected chi connectivity index (χ3v) is 4.38. The van der Waals surface area contributed by atoms with Crippen LogP contribution in [0.3, 0.4) is 0 Å². The summed E-state index contributed by atoms with van der Waals surface area (Å²) in [5.74, 6) is 0.228. The Kier molecular flexibility index (Phi) is 5.15. The van der Waals surface area contributed by atoms with Gasteiger partial charge in [-0.1, -0.05) is 29.3 Å². The van der Waals surface area contributed by atoms with Gasteiger partial charge in [0.2, 0.25) is 5.91 Å². The highest BCUT2D eigenvalue weighted by Crippen LogP contribution is 2.25. The largest absolute Gasteiger partial charge is 0.397 e. The molecule has 2 aromatic rings. The molecule has 0 radical (unpaired) electrons. The van der Waals surface area contributed by atoms with Crippen molar-refractivity contribution < 1.29 is 4.79 Å². The second-order valence-electron chi connectivity index (χ2n) is 4.84. The Balaban J connectivity index is 1.99. The first-order valence-electron chi connectivity index (χ1n) is 6.50. The van der Waals surface area contributed by atoms with Crippen molar-refractivity contribution >= 4 is 40.6 Å². The van der Waals surface area contributed by atoms with E-state index in [4.69, 9.17) is 17.3 Å². The number of anilines is 2. The topological polar surface area (TPSA) is 55.1 Å². The molecule has 2 aromatic carbocycles. The van der Waals surface area contributed by atoms with E-state index in [0.717, 1.165) is 4.90 Å². The summed E-state index contributed by atoms with van der Waals surface area (Å²) < 4.78 is 0. The molecule has 0 spiro atoms. The Morgan fingerprint density at radius 2 is 2.00 bits per heavy atom. The summed E-state index contributed by atoms with van der Waals surface area (Å²) in [5, 5.41) is 3.33. The van der Waals surface area contributed by atoms with Gasteiger partial charge >= 0.3 is 0 Å². The molecule has 0 saturated carbocycles. The van der Waals surface area contributed by atoms with Crippen LogP contribution in [-0.2, 0) is 4.79 Å². The Hall–Kier alpha value is -1.65. The molecule has 1 amide bonds. The van der Waals surface area contributed by atoms with Crippen LogP contribution in [0.15, 0.2) is 41.3 Å². The van der Waals surface area contributed by atoms with Crippen molar-refractivity contribution in [3.8, 4) is 0 Å². The van der Waals surface area contributed by atoms with Crippen molar-refractivity contribution in [1.29, 1.82) is 0 Å². The van der Waals surface area contributed by atoms with Crippen LogP contribution in [0.1, 0.15) is 11.1 Å². The zero-order chi connectivity index (χ0) is 15.4. The number of hydrogen-bond donors (Lipinski definition) is 2. The second kappa shape index (κ2) is 6.87. The predicted molar refractivity (Wildman–Crippen MR) is 91.1 cm³/mol. The molecule has 0 bridgehead atoms. The minimum atomic E-state index is -0.102. The smallest absolute Gasteiger partial charge is 0.234 e. The van der Waals surface area contributed by atoms with Gasteiger partial charge in [-0.15, -0.1) is 11.8 Å². The molecule has 5 heteroatoms. The average molecular weight is 321 g/mol. The predicted octanol–water partition coefficient (Wildman–Crippen LogP) is 4.27. The zero-order valence-corrected chi connectivity index (χ0v) is 13.5. The van der Waals surface area contributed by atoms with Crippen molar-refractivity contribution in [3.63, 3.8) is 0 Å². The van der Waals surface area contributed by atoms with Crippen molar-refractivity contribution in [2.45, 2.75) is 18.7 Å². The van der Waals surface area contributed by atoms with Gasteiger partial charge in [0.25, 0.3) is 0 Å². The number of hydrogen-bond acceptors (Lipinski definition) is 3. The number of nitrogens with one attached hydrogen (secondary N) is 1. The quantitative estimate of drug-likeness (QED) is 0.653. The first kappa shape index (κ1) is 15.7. The first-order chi connectivity index (χ1) is 9.95. The maximum Gasteiger partial charge on any atom is 0.234 e. The maximum absolute atomic E-state index is 12.0. The van der Waals surface area contributed by atoms with Gasteiger partial charge in [-0.3, -0.25) is 4.79 Å². The first-order valence-corrected chi connectivity index (χ1v) is 7.87. The number of nitrogens with two attached hydrogens (primary N) is 1. The fraction of sp³-hybridized carbons (Fsp3) is 0.188. The highest BCUT2D eigenvalue weighted by Gasteiger charge is 2.08. The SMILES string of the molecule is Cc1ccc(C)c(SCC(=O)Nc2cc(Cl)ccc2N)c1. The highest BCUT2D eigenvalue weighted by molar-refractivity contribution is 8.00. The maximum atomic E-state index is 12.0. The number of halogens is 1. The molecule has 21 heavy (non-hydrogen) atoms. The lowest BCUT2D eigenvalue weighted by Crippen LogP contribution is -2.15. The lowest BCUT2D eigenvalue weighted by Gasteiger charge is -2.10. The Bertz CT molecular complexity index is 673. The van der Waals surface area contributed by atoms with E-state index in [1.54, 1.807) is 18.2 Å². The average Bonchev–Trinajstić information content (AvgIpc) is 2.44. The summed E-state index contributed by atoms with van der Waals surface area (Å²) in [4.78, 5) is 13.1. The van der Waals surface area contributed by atoms with E-state index in [2.05, 4.69) is 23.5 Å². The molecular weight excluding hydrogens is 304 g/mol. The van der Waals surface area contributed by atoms with E-state index >= 15 is 0 Å². The van der Waals surface area contributed by atoms with Gasteiger partial charge < -0.3 is 11.1 Å². The van der Waals surface area contributed by atoms with Crippen LogP contribution in [0.5, 0.6) is 0 Å². The second-order valence-corrected chi connectivity index (χ2v) is 6.29. The minimum absolute atomic E-state index is 0.102. The molecule has 0 heterocycles. The number of benzene rings is 2. The van der Waals surface area contributed by atoms with Crippen LogP contribution in [0, 0.1) is 13.8 Å². The number of rotatable bonds is 4. The molecule has 0 aliphatic carbocycles. The van der Waals surface area contributed by atoms with Gasteiger partial charge in [0.15, 0.2) is 0 Å². The van der Waals surface area contributed by atoms with E-state index in [-0.39, 0.29) is 5.91 Å². The van der Waals surface area contributed by atoms with Gasteiger partial charge in [-0.2, -0.15) is 0 Å². The Morgan fingerprint density at radius 3 is 2.76 bits per heavy atom. The molecule has 0 unspecified atom stereocenters. The third kappa shape index (κ3) is 4.41. The lowest BCUT2D eigenvalue weighted by atomic mass is 10.2. The molecule has 0 atom stereocenters. The zero-order valence-electron chi connectivity index (χ0n) is 11.9.